The van der Waals surface area contributed by atoms with Gasteiger partial charge in [-0.05, 0) is 43.2 Å². The van der Waals surface area contributed by atoms with E-state index < -0.39 is 0 Å². The van der Waals surface area contributed by atoms with Crippen molar-refractivity contribution in [3.8, 4) is 0 Å². The minimum Gasteiger partial charge on any atom is -0.321 e. The summed E-state index contributed by atoms with van der Waals surface area (Å²) in [6.45, 7) is 4.13. The molecule has 94 valence electrons. The van der Waals surface area contributed by atoms with Gasteiger partial charge in [0.15, 0.2) is 0 Å². The summed E-state index contributed by atoms with van der Waals surface area (Å²) in [5.74, 6) is -0.0786. The Hall–Kier alpha value is -1.32. The van der Waals surface area contributed by atoms with Crippen LogP contribution in [0.2, 0.25) is 5.02 Å². The zero-order valence-corrected chi connectivity index (χ0v) is 11.9. The highest BCUT2D eigenvalue weighted by Crippen LogP contribution is 2.23. The van der Waals surface area contributed by atoms with Crippen LogP contribution in [-0.2, 0) is 6.42 Å². The fourth-order valence-electron chi connectivity index (χ4n) is 1.74. The first-order chi connectivity index (χ1) is 8.60. The van der Waals surface area contributed by atoms with Crippen molar-refractivity contribution in [2.75, 3.05) is 5.32 Å². The smallest absolute Gasteiger partial charge is 0.265 e. The number of nitrogens with one attached hydrogen (secondary N) is 1. The topological polar surface area (TPSA) is 29.1 Å². The second kappa shape index (κ2) is 5.55. The second-order valence-electron chi connectivity index (χ2n) is 4.01. The van der Waals surface area contributed by atoms with Crippen LogP contribution >= 0.6 is 22.9 Å². The number of thiophene rings is 1. The fourth-order valence-corrected chi connectivity index (χ4v) is 2.94. The fraction of sp³-hybridized carbons (Fsp3) is 0.214. The monoisotopic (exact) mass is 279 g/mol. The van der Waals surface area contributed by atoms with E-state index in [-0.39, 0.29) is 5.91 Å². The first-order valence-electron chi connectivity index (χ1n) is 5.76. The molecule has 2 aromatic rings. The van der Waals surface area contributed by atoms with Crippen LogP contribution in [0.15, 0.2) is 30.3 Å². The predicted octanol–water partition coefficient (Wildman–Crippen LogP) is 4.52. The maximum atomic E-state index is 12.1. The summed E-state index contributed by atoms with van der Waals surface area (Å²) in [7, 11) is 0. The molecule has 1 heterocycles. The van der Waals surface area contributed by atoms with Crippen LogP contribution in [-0.4, -0.2) is 5.91 Å². The Morgan fingerprint density at radius 1 is 1.39 bits per heavy atom. The zero-order chi connectivity index (χ0) is 13.1. The number of rotatable bonds is 3. The van der Waals surface area contributed by atoms with E-state index in [0.29, 0.717) is 5.02 Å². The first-order valence-corrected chi connectivity index (χ1v) is 6.96. The van der Waals surface area contributed by atoms with Gasteiger partial charge in [0.25, 0.3) is 5.91 Å². The summed E-state index contributed by atoms with van der Waals surface area (Å²) in [5.41, 5.74) is 1.95. The minimum atomic E-state index is -0.0786. The molecule has 0 aliphatic heterocycles. The van der Waals surface area contributed by atoms with E-state index in [1.165, 1.54) is 21.8 Å². The van der Waals surface area contributed by atoms with Gasteiger partial charge in [-0.2, -0.15) is 0 Å². The van der Waals surface area contributed by atoms with Crippen molar-refractivity contribution in [2.24, 2.45) is 0 Å². The minimum absolute atomic E-state index is 0.0786. The molecular formula is C14H14ClNOS. The zero-order valence-electron chi connectivity index (χ0n) is 10.3. The van der Waals surface area contributed by atoms with Crippen LogP contribution in [0.5, 0.6) is 0 Å². The van der Waals surface area contributed by atoms with Gasteiger partial charge in [-0.1, -0.05) is 24.6 Å². The lowest BCUT2D eigenvalue weighted by Gasteiger charge is -2.03. The number of halogens is 1. The van der Waals surface area contributed by atoms with Gasteiger partial charge in [-0.25, -0.2) is 0 Å². The van der Waals surface area contributed by atoms with Gasteiger partial charge in [-0.15, -0.1) is 11.3 Å². The number of carbonyl (C=O) groups is 1. The quantitative estimate of drug-likeness (QED) is 0.879. The molecule has 2 nitrogen and oxygen atoms in total. The van der Waals surface area contributed by atoms with Gasteiger partial charge in [0.05, 0.1) is 4.88 Å². The Morgan fingerprint density at radius 3 is 2.78 bits per heavy atom. The molecule has 0 aliphatic rings. The lowest BCUT2D eigenvalue weighted by molar-refractivity contribution is 0.103. The summed E-state index contributed by atoms with van der Waals surface area (Å²) < 4.78 is 0. The number of benzene rings is 1. The molecule has 1 amide bonds. The van der Waals surface area contributed by atoms with Crippen molar-refractivity contribution in [1.29, 1.82) is 0 Å². The normalized spacial score (nSPS) is 10.4. The molecule has 1 aromatic heterocycles. The lowest BCUT2D eigenvalue weighted by atomic mass is 10.2. The molecule has 1 aromatic carbocycles. The van der Waals surface area contributed by atoms with Crippen molar-refractivity contribution in [3.05, 3.63) is 50.7 Å². The molecule has 18 heavy (non-hydrogen) atoms. The standard InChI is InChI=1S/C14H14ClNOS/c1-3-10-7-13(18-9(10)2)14(17)16-12-6-4-5-11(15)8-12/h4-8H,3H2,1-2H3,(H,16,17). The molecule has 0 unspecified atom stereocenters. The molecular weight excluding hydrogens is 266 g/mol. The third-order valence-corrected chi connectivity index (χ3v) is 4.03. The summed E-state index contributed by atoms with van der Waals surface area (Å²) in [6, 6.07) is 9.11. The van der Waals surface area contributed by atoms with E-state index >= 15 is 0 Å². The highest BCUT2D eigenvalue weighted by molar-refractivity contribution is 7.14. The van der Waals surface area contributed by atoms with Crippen LogP contribution in [0.25, 0.3) is 0 Å². The average Bonchev–Trinajstić information content (AvgIpc) is 2.70. The highest BCUT2D eigenvalue weighted by Gasteiger charge is 2.11. The average molecular weight is 280 g/mol. The third kappa shape index (κ3) is 2.92. The predicted molar refractivity (Wildman–Crippen MR) is 77.8 cm³/mol. The maximum absolute atomic E-state index is 12.1. The van der Waals surface area contributed by atoms with E-state index in [2.05, 4.69) is 12.2 Å². The van der Waals surface area contributed by atoms with E-state index in [9.17, 15) is 4.79 Å². The number of hydrogen-bond acceptors (Lipinski definition) is 2. The van der Waals surface area contributed by atoms with E-state index in [1.807, 2.05) is 25.1 Å². The third-order valence-electron chi connectivity index (χ3n) is 2.71. The molecule has 2 rings (SSSR count). The van der Waals surface area contributed by atoms with Crippen LogP contribution in [0.4, 0.5) is 5.69 Å². The SMILES string of the molecule is CCc1cc(C(=O)Nc2cccc(Cl)c2)sc1C. The van der Waals surface area contributed by atoms with Crippen molar-refractivity contribution < 1.29 is 4.79 Å². The number of aryl methyl sites for hydroxylation is 2. The molecule has 1 N–H and O–H groups in total. The Bertz CT molecular complexity index is 577. The summed E-state index contributed by atoms with van der Waals surface area (Å²) >= 11 is 7.40. The van der Waals surface area contributed by atoms with Gasteiger partial charge in [0.1, 0.15) is 0 Å². The number of amides is 1. The largest absolute Gasteiger partial charge is 0.321 e. The van der Waals surface area contributed by atoms with Gasteiger partial charge in [0.2, 0.25) is 0 Å². The molecule has 0 saturated carbocycles. The van der Waals surface area contributed by atoms with Crippen LogP contribution in [0, 0.1) is 6.92 Å². The summed E-state index contributed by atoms with van der Waals surface area (Å²) in [6.07, 6.45) is 0.951. The van der Waals surface area contributed by atoms with Gasteiger partial charge >= 0.3 is 0 Å². The molecule has 0 aliphatic carbocycles. The second-order valence-corrected chi connectivity index (χ2v) is 5.70. The molecule has 0 atom stereocenters. The highest BCUT2D eigenvalue weighted by atomic mass is 35.5. The van der Waals surface area contributed by atoms with Crippen LogP contribution < -0.4 is 5.32 Å². The molecule has 0 saturated heterocycles. The summed E-state index contributed by atoms with van der Waals surface area (Å²) in [4.78, 5) is 14.0. The Balaban J connectivity index is 2.16. The van der Waals surface area contributed by atoms with Crippen molar-refractivity contribution in [2.45, 2.75) is 20.3 Å². The van der Waals surface area contributed by atoms with Crippen molar-refractivity contribution in [1.82, 2.24) is 0 Å². The van der Waals surface area contributed by atoms with Gasteiger partial charge in [-0.3, -0.25) is 4.79 Å². The van der Waals surface area contributed by atoms with Crippen molar-refractivity contribution in [3.63, 3.8) is 0 Å². The first kappa shape index (κ1) is 13.1. The maximum Gasteiger partial charge on any atom is 0.265 e. The van der Waals surface area contributed by atoms with Crippen LogP contribution in [0.1, 0.15) is 27.0 Å². The Kier molecular flexibility index (Phi) is 4.04. The van der Waals surface area contributed by atoms with E-state index in [4.69, 9.17) is 11.6 Å². The number of anilines is 1. The Morgan fingerprint density at radius 2 is 2.17 bits per heavy atom. The van der Waals surface area contributed by atoms with E-state index in [1.54, 1.807) is 12.1 Å². The number of hydrogen-bond donors (Lipinski definition) is 1. The van der Waals surface area contributed by atoms with Gasteiger partial charge in [0, 0.05) is 15.6 Å². The van der Waals surface area contributed by atoms with E-state index in [0.717, 1.165) is 17.0 Å². The number of carbonyl (C=O) groups excluding carboxylic acids is 1. The van der Waals surface area contributed by atoms with Gasteiger partial charge < -0.3 is 5.32 Å². The molecule has 0 fully saturated rings. The molecule has 4 heteroatoms. The molecule has 0 bridgehead atoms. The molecule has 0 radical (unpaired) electrons. The Labute approximate surface area is 116 Å². The molecule has 0 spiro atoms. The van der Waals surface area contributed by atoms with Crippen LogP contribution in [0.3, 0.4) is 0 Å². The van der Waals surface area contributed by atoms with Crippen molar-refractivity contribution >= 4 is 34.5 Å². The summed E-state index contributed by atoms with van der Waals surface area (Å²) in [5, 5.41) is 3.47. The lowest BCUT2D eigenvalue weighted by Crippen LogP contribution is -2.09.